The molecule has 1 saturated heterocycles. The van der Waals surface area contributed by atoms with Crippen molar-refractivity contribution < 1.29 is 15.1 Å². The van der Waals surface area contributed by atoms with Crippen LogP contribution >= 0.6 is 0 Å². The first-order valence-corrected chi connectivity index (χ1v) is 5.89. The van der Waals surface area contributed by atoms with Gasteiger partial charge in [0.1, 0.15) is 0 Å². The lowest BCUT2D eigenvalue weighted by Gasteiger charge is -2.48. The Bertz CT molecular complexity index is 267. The topological polar surface area (TPSA) is 60.8 Å². The first-order valence-electron chi connectivity index (χ1n) is 5.89. The Hall–Kier alpha value is -0.870. The third-order valence-electron chi connectivity index (χ3n) is 3.09. The van der Waals surface area contributed by atoms with E-state index in [1.807, 2.05) is 0 Å². The molecule has 0 bridgehead atoms. The second-order valence-electron chi connectivity index (χ2n) is 5.88. The van der Waals surface area contributed by atoms with Gasteiger partial charge in [0.05, 0.1) is 0 Å². The molecule has 1 rings (SSSR count). The maximum atomic E-state index is 9.80. The van der Waals surface area contributed by atoms with Gasteiger partial charge in [0, 0.05) is 16.7 Å². The molecule has 0 atom stereocenters. The Morgan fingerprint density at radius 1 is 1.18 bits per heavy atom. The maximum Gasteiger partial charge on any atom is 0.330 e. The van der Waals surface area contributed by atoms with E-state index in [-0.39, 0.29) is 16.7 Å². The van der Waals surface area contributed by atoms with Crippen LogP contribution in [0.2, 0.25) is 0 Å². The fraction of sp³-hybridized carbons (Fsp3) is 0.769. The van der Waals surface area contributed by atoms with Gasteiger partial charge >= 0.3 is 5.97 Å². The minimum absolute atomic E-state index is 0.0399. The van der Waals surface area contributed by atoms with E-state index in [4.69, 9.17) is 5.11 Å². The van der Waals surface area contributed by atoms with Crippen molar-refractivity contribution in [3.05, 3.63) is 12.2 Å². The summed E-state index contributed by atoms with van der Waals surface area (Å²) in [6, 6.07) is 0. The van der Waals surface area contributed by atoms with Gasteiger partial charge in [-0.05, 0) is 53.9 Å². The van der Waals surface area contributed by atoms with Crippen LogP contribution in [-0.4, -0.2) is 32.4 Å². The zero-order valence-corrected chi connectivity index (χ0v) is 11.6. The molecular weight excluding hydrogens is 218 g/mol. The highest BCUT2D eigenvalue weighted by Crippen LogP contribution is 2.35. The predicted octanol–water partition coefficient (Wildman–Crippen LogP) is 3.07. The van der Waals surface area contributed by atoms with Crippen molar-refractivity contribution in [3.8, 4) is 0 Å². The Labute approximate surface area is 104 Å². The average Bonchev–Trinajstić information content (AvgIpc) is 2.14. The summed E-state index contributed by atoms with van der Waals surface area (Å²) in [6.07, 6.45) is 3.40. The molecule has 2 N–H and O–H groups in total. The molecule has 4 nitrogen and oxygen atoms in total. The third kappa shape index (κ3) is 4.88. The highest BCUT2D eigenvalue weighted by molar-refractivity contribution is 5.84. The molecule has 17 heavy (non-hydrogen) atoms. The molecule has 0 aromatic rings. The van der Waals surface area contributed by atoms with Crippen LogP contribution in [0.1, 0.15) is 53.9 Å². The molecule has 1 aliphatic heterocycles. The number of piperidine rings is 1. The van der Waals surface area contributed by atoms with Gasteiger partial charge in [0.25, 0.3) is 0 Å². The van der Waals surface area contributed by atoms with E-state index in [1.54, 1.807) is 0 Å². The standard InChI is InChI=1S/C9H19NO.C4H6O2/c1-8(2)6-5-7-9(3,4)10(8)11;1-3(2)4(5)6/h11H,5-7H2,1-4H3;1H2,2H3,(H,5,6). The number of hydrogen-bond donors (Lipinski definition) is 2. The van der Waals surface area contributed by atoms with Crippen molar-refractivity contribution in [2.75, 3.05) is 0 Å². The Morgan fingerprint density at radius 2 is 1.47 bits per heavy atom. The van der Waals surface area contributed by atoms with Gasteiger partial charge in [-0.3, -0.25) is 0 Å². The summed E-state index contributed by atoms with van der Waals surface area (Å²) < 4.78 is 0. The van der Waals surface area contributed by atoms with Crippen molar-refractivity contribution in [2.24, 2.45) is 0 Å². The molecule has 1 fully saturated rings. The van der Waals surface area contributed by atoms with Gasteiger partial charge in [-0.2, -0.15) is 5.06 Å². The minimum Gasteiger partial charge on any atom is -0.478 e. The van der Waals surface area contributed by atoms with E-state index in [1.165, 1.54) is 18.4 Å². The highest BCUT2D eigenvalue weighted by Gasteiger charge is 2.40. The molecule has 0 aliphatic carbocycles. The molecule has 100 valence electrons. The van der Waals surface area contributed by atoms with Crippen LogP contribution in [0.5, 0.6) is 0 Å². The van der Waals surface area contributed by atoms with Crippen LogP contribution in [0, 0.1) is 0 Å². The molecule has 0 unspecified atom stereocenters. The minimum atomic E-state index is -0.935. The van der Waals surface area contributed by atoms with Crippen LogP contribution in [0.15, 0.2) is 12.2 Å². The maximum absolute atomic E-state index is 9.80. The molecule has 0 saturated carbocycles. The molecule has 0 spiro atoms. The van der Waals surface area contributed by atoms with E-state index in [0.29, 0.717) is 0 Å². The number of nitrogens with zero attached hydrogens (tertiary/aromatic N) is 1. The Kier molecular flexibility index (Phi) is 5.36. The quantitative estimate of drug-likeness (QED) is 0.695. The van der Waals surface area contributed by atoms with Crippen LogP contribution in [0.25, 0.3) is 0 Å². The average molecular weight is 243 g/mol. The summed E-state index contributed by atoms with van der Waals surface area (Å²) in [5, 5.41) is 19.2. The van der Waals surface area contributed by atoms with Crippen molar-refractivity contribution in [2.45, 2.75) is 65.0 Å². The Morgan fingerprint density at radius 3 is 1.65 bits per heavy atom. The van der Waals surface area contributed by atoms with E-state index >= 15 is 0 Å². The van der Waals surface area contributed by atoms with E-state index in [9.17, 15) is 10.0 Å². The van der Waals surface area contributed by atoms with Gasteiger partial charge in [-0.1, -0.05) is 6.58 Å². The lowest BCUT2D eigenvalue weighted by Crippen LogP contribution is -2.56. The molecular formula is C13H25NO3. The molecule has 0 aromatic carbocycles. The van der Waals surface area contributed by atoms with Gasteiger partial charge in [0.2, 0.25) is 0 Å². The van der Waals surface area contributed by atoms with Crippen molar-refractivity contribution in [1.29, 1.82) is 0 Å². The van der Waals surface area contributed by atoms with Crippen LogP contribution in [0.3, 0.4) is 0 Å². The summed E-state index contributed by atoms with van der Waals surface area (Å²) in [4.78, 5) is 9.60. The second-order valence-corrected chi connectivity index (χ2v) is 5.88. The Balaban J connectivity index is 0.000000366. The van der Waals surface area contributed by atoms with Gasteiger partial charge in [0.15, 0.2) is 0 Å². The number of aliphatic carboxylic acids is 1. The zero-order chi connectivity index (χ0) is 13.9. The number of hydrogen-bond acceptors (Lipinski definition) is 3. The van der Waals surface area contributed by atoms with Crippen LogP contribution < -0.4 is 0 Å². The lowest BCUT2D eigenvalue weighted by molar-refractivity contribution is -0.241. The first kappa shape index (κ1) is 16.1. The van der Waals surface area contributed by atoms with Crippen molar-refractivity contribution in [1.82, 2.24) is 5.06 Å². The molecule has 4 heteroatoms. The third-order valence-corrected chi connectivity index (χ3v) is 3.09. The normalized spacial score (nSPS) is 22.2. The smallest absolute Gasteiger partial charge is 0.330 e. The molecule has 0 radical (unpaired) electrons. The molecule has 0 amide bonds. The first-order chi connectivity index (χ1) is 7.50. The van der Waals surface area contributed by atoms with Crippen molar-refractivity contribution in [3.63, 3.8) is 0 Å². The molecule has 1 aliphatic rings. The van der Waals surface area contributed by atoms with Gasteiger partial charge in [-0.15, -0.1) is 0 Å². The number of carboxylic acids is 1. The summed E-state index contributed by atoms with van der Waals surface area (Å²) in [7, 11) is 0. The summed E-state index contributed by atoms with van der Waals surface area (Å²) >= 11 is 0. The SMILES string of the molecule is C=C(C)C(=O)O.CC1(C)CCCC(C)(C)N1O. The van der Waals surface area contributed by atoms with Crippen LogP contribution in [-0.2, 0) is 4.79 Å². The molecule has 1 heterocycles. The van der Waals surface area contributed by atoms with E-state index in [2.05, 4.69) is 34.3 Å². The number of hydroxylamine groups is 2. The summed E-state index contributed by atoms with van der Waals surface area (Å²) in [5.74, 6) is -0.935. The van der Waals surface area contributed by atoms with E-state index in [0.717, 1.165) is 12.8 Å². The second kappa shape index (κ2) is 5.65. The number of carbonyl (C=O) groups is 1. The number of carboxylic acid groups (broad SMARTS) is 1. The fourth-order valence-electron chi connectivity index (χ4n) is 1.98. The zero-order valence-electron chi connectivity index (χ0n) is 11.6. The number of rotatable bonds is 1. The lowest BCUT2D eigenvalue weighted by atomic mass is 9.82. The summed E-state index contributed by atoms with van der Waals surface area (Å²) in [5.41, 5.74) is 0.0961. The summed E-state index contributed by atoms with van der Waals surface area (Å²) in [6.45, 7) is 13.0. The largest absolute Gasteiger partial charge is 0.478 e. The van der Waals surface area contributed by atoms with E-state index < -0.39 is 5.97 Å². The fourth-order valence-corrected chi connectivity index (χ4v) is 1.98. The monoisotopic (exact) mass is 243 g/mol. The predicted molar refractivity (Wildman–Crippen MR) is 68.1 cm³/mol. The van der Waals surface area contributed by atoms with Crippen molar-refractivity contribution >= 4 is 5.97 Å². The van der Waals surface area contributed by atoms with Gasteiger partial charge < -0.3 is 10.3 Å². The van der Waals surface area contributed by atoms with Gasteiger partial charge in [-0.25, -0.2) is 4.79 Å². The molecule has 0 aromatic heterocycles. The van der Waals surface area contributed by atoms with Crippen LogP contribution in [0.4, 0.5) is 0 Å². The highest BCUT2D eigenvalue weighted by atomic mass is 16.5.